The van der Waals surface area contributed by atoms with E-state index in [2.05, 4.69) is 25.0 Å². The predicted molar refractivity (Wildman–Crippen MR) is 108 cm³/mol. The molecule has 0 bridgehead atoms. The van der Waals surface area contributed by atoms with Gasteiger partial charge in [0, 0.05) is 30.1 Å². The Balaban J connectivity index is 1.45. The lowest BCUT2D eigenvalue weighted by Gasteiger charge is -2.18. The maximum Gasteiger partial charge on any atom is 0.340 e. The number of pyridine rings is 2. The molecule has 0 spiro atoms. The van der Waals surface area contributed by atoms with Crippen LogP contribution in [0, 0.1) is 0 Å². The van der Waals surface area contributed by atoms with E-state index in [1.54, 1.807) is 0 Å². The first kappa shape index (κ1) is 23.4. The third-order valence-electron chi connectivity index (χ3n) is 4.77. The van der Waals surface area contributed by atoms with Crippen LogP contribution in [0.15, 0.2) is 41.5 Å². The molecule has 0 aliphatic carbocycles. The van der Waals surface area contributed by atoms with Crippen molar-refractivity contribution < 1.29 is 36.3 Å². The third-order valence-corrected chi connectivity index (χ3v) is 5.04. The van der Waals surface area contributed by atoms with Crippen LogP contribution in [0.25, 0.3) is 0 Å². The van der Waals surface area contributed by atoms with Crippen molar-refractivity contribution in [3.63, 3.8) is 0 Å². The van der Waals surface area contributed by atoms with E-state index in [9.17, 15) is 27.2 Å². The number of ether oxygens (including phenoxy) is 1. The van der Waals surface area contributed by atoms with Gasteiger partial charge in [-0.25, -0.2) is 23.7 Å². The van der Waals surface area contributed by atoms with Gasteiger partial charge in [-0.2, -0.15) is 8.78 Å². The Bertz CT molecular complexity index is 1230. The summed E-state index contributed by atoms with van der Waals surface area (Å²) in [4.78, 5) is 38.1. The monoisotopic (exact) mass is 499 g/mol. The highest BCUT2D eigenvalue weighted by Gasteiger charge is 2.42. The zero-order chi connectivity index (χ0) is 24.5. The van der Waals surface area contributed by atoms with Gasteiger partial charge in [0.15, 0.2) is 13.0 Å². The van der Waals surface area contributed by atoms with Gasteiger partial charge in [0.1, 0.15) is 10.8 Å². The third kappa shape index (κ3) is 4.78. The number of oxazole rings is 1. The topological polar surface area (TPSA) is 110 Å². The van der Waals surface area contributed by atoms with Crippen LogP contribution < -0.4 is 10.1 Å². The number of carbonyl (C=O) groups excluding carboxylic acids is 2. The van der Waals surface area contributed by atoms with Crippen molar-refractivity contribution in [1.82, 2.24) is 19.9 Å². The number of fused-ring (bicyclic) bond motifs is 1. The molecular weight excluding hydrogens is 486 g/mol. The molecule has 3 aromatic heterocycles. The molecule has 0 radical (unpaired) electrons. The zero-order valence-corrected chi connectivity index (χ0v) is 17.7. The molecule has 4 heterocycles. The number of amides is 2. The summed E-state index contributed by atoms with van der Waals surface area (Å²) in [6, 6.07) is 2.83. The Labute approximate surface area is 193 Å². The Hall–Kier alpha value is -3.74. The van der Waals surface area contributed by atoms with Crippen LogP contribution in [0.4, 0.5) is 23.4 Å². The average molecular weight is 500 g/mol. The Morgan fingerprint density at radius 1 is 1.32 bits per heavy atom. The number of carbonyl (C=O) groups is 2. The molecule has 0 unspecified atom stereocenters. The van der Waals surface area contributed by atoms with E-state index in [-0.39, 0.29) is 35.6 Å². The number of hydrogen-bond donors (Lipinski definition) is 1. The second-order valence-corrected chi connectivity index (χ2v) is 7.55. The fraction of sp³-hybridized carbons (Fsp3) is 0.250. The number of halogens is 5. The molecule has 0 saturated heterocycles. The summed E-state index contributed by atoms with van der Waals surface area (Å²) in [5.41, 5.74) is 1.24. The van der Waals surface area contributed by atoms with Gasteiger partial charge in [-0.3, -0.25) is 9.59 Å². The molecule has 1 aliphatic rings. The van der Waals surface area contributed by atoms with Crippen LogP contribution in [0.5, 0.6) is 5.88 Å². The van der Waals surface area contributed by atoms with E-state index in [0.29, 0.717) is 16.7 Å². The summed E-state index contributed by atoms with van der Waals surface area (Å²) in [7, 11) is 0. The first-order valence-corrected chi connectivity index (χ1v) is 9.93. The minimum atomic E-state index is -4.36. The SMILES string of the molecule is O=C(Nc1nccc2c1CN(Cc1cnc(OCC(F)(F)C(F)F)c(Cl)c1)C2=O)c1cnco1. The molecule has 0 fully saturated rings. The van der Waals surface area contributed by atoms with Crippen molar-refractivity contribution in [3.05, 3.63) is 64.6 Å². The normalized spacial score (nSPS) is 13.4. The van der Waals surface area contributed by atoms with Crippen molar-refractivity contribution in [1.29, 1.82) is 0 Å². The van der Waals surface area contributed by atoms with E-state index in [4.69, 9.17) is 16.0 Å². The summed E-state index contributed by atoms with van der Waals surface area (Å²) in [6.07, 6.45) is 1.03. The van der Waals surface area contributed by atoms with E-state index in [1.165, 1.54) is 35.6 Å². The second-order valence-electron chi connectivity index (χ2n) is 7.15. The van der Waals surface area contributed by atoms with Gasteiger partial charge < -0.3 is 19.4 Å². The Morgan fingerprint density at radius 3 is 2.79 bits per heavy atom. The predicted octanol–water partition coefficient (Wildman–Crippen LogP) is 3.81. The van der Waals surface area contributed by atoms with Crippen molar-refractivity contribution in [2.45, 2.75) is 25.4 Å². The second kappa shape index (κ2) is 9.25. The van der Waals surface area contributed by atoms with Crippen molar-refractivity contribution in [2.24, 2.45) is 0 Å². The smallest absolute Gasteiger partial charge is 0.340 e. The van der Waals surface area contributed by atoms with E-state index in [0.717, 1.165) is 6.39 Å². The minimum Gasteiger partial charge on any atom is -0.470 e. The molecular formula is C20H14ClF4N5O4. The van der Waals surface area contributed by atoms with Crippen LogP contribution >= 0.6 is 11.6 Å². The van der Waals surface area contributed by atoms with Crippen LogP contribution in [0.2, 0.25) is 5.02 Å². The molecule has 0 aromatic carbocycles. The number of anilines is 1. The molecule has 9 nitrogen and oxygen atoms in total. The summed E-state index contributed by atoms with van der Waals surface area (Å²) in [5, 5.41) is 2.39. The minimum absolute atomic E-state index is 0.0309. The van der Waals surface area contributed by atoms with Crippen LogP contribution in [0.1, 0.15) is 32.0 Å². The Kier molecular flexibility index (Phi) is 6.37. The number of alkyl halides is 4. The van der Waals surface area contributed by atoms with Crippen LogP contribution in [0.3, 0.4) is 0 Å². The maximum absolute atomic E-state index is 13.0. The molecule has 2 amide bonds. The highest BCUT2D eigenvalue weighted by atomic mass is 35.5. The molecule has 4 rings (SSSR count). The molecule has 178 valence electrons. The van der Waals surface area contributed by atoms with E-state index >= 15 is 0 Å². The highest BCUT2D eigenvalue weighted by Crippen LogP contribution is 2.31. The van der Waals surface area contributed by atoms with Gasteiger partial charge in [0.2, 0.25) is 11.6 Å². The maximum atomic E-state index is 13.0. The van der Waals surface area contributed by atoms with E-state index in [1.807, 2.05) is 0 Å². The number of nitrogens with zero attached hydrogens (tertiary/aromatic N) is 4. The highest BCUT2D eigenvalue weighted by molar-refractivity contribution is 6.31. The first-order valence-electron chi connectivity index (χ1n) is 9.56. The van der Waals surface area contributed by atoms with Gasteiger partial charge in [-0.1, -0.05) is 11.6 Å². The Morgan fingerprint density at radius 2 is 2.12 bits per heavy atom. The molecule has 0 atom stereocenters. The summed E-state index contributed by atoms with van der Waals surface area (Å²) in [5.74, 6) is -5.59. The molecule has 1 aliphatic heterocycles. The summed E-state index contributed by atoms with van der Waals surface area (Å²) in [6.45, 7) is -1.46. The van der Waals surface area contributed by atoms with Gasteiger partial charge >= 0.3 is 12.3 Å². The molecule has 0 saturated carbocycles. The first-order chi connectivity index (χ1) is 16.2. The largest absolute Gasteiger partial charge is 0.470 e. The van der Waals surface area contributed by atoms with Gasteiger partial charge in [-0.05, 0) is 17.7 Å². The molecule has 34 heavy (non-hydrogen) atoms. The fourth-order valence-corrected chi connectivity index (χ4v) is 3.37. The summed E-state index contributed by atoms with van der Waals surface area (Å²) >= 11 is 5.99. The molecule has 14 heteroatoms. The standard InChI is InChI=1S/C20H14ClF4N5O4/c21-13-3-10(4-28-17(13)33-8-20(24,25)19(22)23)6-30-7-12-11(18(30)32)1-2-27-15(12)29-16(31)14-5-26-9-34-14/h1-5,9,19H,6-8H2,(H,27,29,31). The number of rotatable bonds is 8. The molecule has 1 N–H and O–H groups in total. The number of nitrogens with one attached hydrogen (secondary N) is 1. The zero-order valence-electron chi connectivity index (χ0n) is 17.0. The van der Waals surface area contributed by atoms with Crippen molar-refractivity contribution in [2.75, 3.05) is 11.9 Å². The number of hydrogen-bond acceptors (Lipinski definition) is 7. The lowest BCUT2D eigenvalue weighted by atomic mass is 10.1. The quantitative estimate of drug-likeness (QED) is 0.469. The van der Waals surface area contributed by atoms with Gasteiger partial charge in [-0.15, -0.1) is 0 Å². The van der Waals surface area contributed by atoms with E-state index < -0.39 is 30.7 Å². The lowest BCUT2D eigenvalue weighted by molar-refractivity contribution is -0.148. The fourth-order valence-electron chi connectivity index (χ4n) is 3.12. The van der Waals surface area contributed by atoms with Gasteiger partial charge in [0.25, 0.3) is 11.8 Å². The molecule has 3 aromatic rings. The average Bonchev–Trinajstić information content (AvgIpc) is 3.43. The summed E-state index contributed by atoms with van der Waals surface area (Å²) < 4.78 is 60.2. The van der Waals surface area contributed by atoms with Crippen molar-refractivity contribution in [3.8, 4) is 5.88 Å². The lowest BCUT2D eigenvalue weighted by Crippen LogP contribution is -2.34. The van der Waals surface area contributed by atoms with Crippen molar-refractivity contribution >= 4 is 29.2 Å². The van der Waals surface area contributed by atoms with Crippen LogP contribution in [-0.4, -0.2) is 50.6 Å². The van der Waals surface area contributed by atoms with Crippen LogP contribution in [-0.2, 0) is 13.1 Å². The van der Waals surface area contributed by atoms with Gasteiger partial charge in [0.05, 0.1) is 12.7 Å². The number of aromatic nitrogens is 3.